The van der Waals surface area contributed by atoms with Crippen LogP contribution in [0.2, 0.25) is 0 Å². The number of para-hydroxylation sites is 1. The van der Waals surface area contributed by atoms with Crippen molar-refractivity contribution >= 4 is 44.2 Å². The van der Waals surface area contributed by atoms with Gasteiger partial charge in [0.2, 0.25) is 0 Å². The largest absolute Gasteiger partial charge is 0.360 e. The van der Waals surface area contributed by atoms with E-state index >= 15 is 0 Å². The van der Waals surface area contributed by atoms with E-state index in [4.69, 9.17) is 0 Å². The van der Waals surface area contributed by atoms with Gasteiger partial charge in [-0.3, -0.25) is 9.36 Å². The van der Waals surface area contributed by atoms with Gasteiger partial charge in [0.1, 0.15) is 5.52 Å². The molecule has 0 unspecified atom stereocenters. The summed E-state index contributed by atoms with van der Waals surface area (Å²) in [5, 5.41) is 5.02. The number of thiazole rings is 1. The average molecular weight is 425 g/mol. The standard InChI is InChI=1S/C25H20N4OS/c1-3-17-8-7-9-18-14-20(29(25(30)22(17)18)19-10-5-4-6-11-19)16(2)28-24-23-21(12-13-26-24)31-15-27-23/h3-16H,1H2,2H3,(H,26,28)/t16-/m0/s1. The Labute approximate surface area is 183 Å². The fourth-order valence-corrected chi connectivity index (χ4v) is 4.59. The van der Waals surface area contributed by atoms with Crippen LogP contribution in [0.1, 0.15) is 24.2 Å². The first kappa shape index (κ1) is 19.2. The molecule has 0 radical (unpaired) electrons. The Morgan fingerprint density at radius 2 is 1.94 bits per heavy atom. The molecule has 0 amide bonds. The van der Waals surface area contributed by atoms with E-state index in [9.17, 15) is 4.79 Å². The van der Waals surface area contributed by atoms with Crippen LogP contribution in [0.25, 0.3) is 32.8 Å². The summed E-state index contributed by atoms with van der Waals surface area (Å²) in [5.41, 5.74) is 5.07. The molecule has 0 bridgehead atoms. The number of rotatable bonds is 5. The first-order chi connectivity index (χ1) is 15.2. The Kier molecular flexibility index (Phi) is 4.84. The Morgan fingerprint density at radius 1 is 1.10 bits per heavy atom. The number of pyridine rings is 2. The summed E-state index contributed by atoms with van der Waals surface area (Å²) in [6, 6.07) is 19.4. The number of fused-ring (bicyclic) bond motifs is 2. The van der Waals surface area contributed by atoms with Gasteiger partial charge in [-0.05, 0) is 42.1 Å². The molecule has 152 valence electrons. The Morgan fingerprint density at radius 3 is 2.74 bits per heavy atom. The summed E-state index contributed by atoms with van der Waals surface area (Å²) in [7, 11) is 0. The third kappa shape index (κ3) is 3.31. The van der Waals surface area contributed by atoms with E-state index in [-0.39, 0.29) is 11.6 Å². The fraction of sp³-hybridized carbons (Fsp3) is 0.0800. The van der Waals surface area contributed by atoms with Gasteiger partial charge in [0.15, 0.2) is 5.82 Å². The predicted molar refractivity (Wildman–Crippen MR) is 129 cm³/mol. The van der Waals surface area contributed by atoms with Crippen LogP contribution in [0.15, 0.2) is 83.7 Å². The lowest BCUT2D eigenvalue weighted by Crippen LogP contribution is -2.26. The molecule has 6 heteroatoms. The van der Waals surface area contributed by atoms with Crippen molar-refractivity contribution in [1.29, 1.82) is 0 Å². The summed E-state index contributed by atoms with van der Waals surface area (Å²) < 4.78 is 2.84. The molecular formula is C25H20N4OS. The minimum absolute atomic E-state index is 0.0670. The molecule has 0 spiro atoms. The second-order valence-corrected chi connectivity index (χ2v) is 8.17. The lowest BCUT2D eigenvalue weighted by atomic mass is 10.0. The number of anilines is 1. The van der Waals surface area contributed by atoms with Gasteiger partial charge in [-0.2, -0.15) is 0 Å². The van der Waals surface area contributed by atoms with Crippen molar-refractivity contribution in [3.05, 3.63) is 101 Å². The summed E-state index contributed by atoms with van der Waals surface area (Å²) in [5.74, 6) is 0.707. The molecule has 0 aliphatic carbocycles. The number of hydrogen-bond donors (Lipinski definition) is 1. The van der Waals surface area contributed by atoms with Crippen molar-refractivity contribution in [3.63, 3.8) is 0 Å². The second-order valence-electron chi connectivity index (χ2n) is 7.29. The van der Waals surface area contributed by atoms with Crippen LogP contribution in [-0.2, 0) is 0 Å². The molecule has 0 aliphatic heterocycles. The number of aromatic nitrogens is 3. The monoisotopic (exact) mass is 424 g/mol. The van der Waals surface area contributed by atoms with E-state index in [1.165, 1.54) is 0 Å². The maximum atomic E-state index is 13.7. The molecule has 2 aromatic carbocycles. The first-order valence-corrected chi connectivity index (χ1v) is 10.9. The molecule has 0 fully saturated rings. The highest BCUT2D eigenvalue weighted by Crippen LogP contribution is 2.28. The van der Waals surface area contributed by atoms with E-state index in [0.29, 0.717) is 11.2 Å². The van der Waals surface area contributed by atoms with Crippen LogP contribution in [0.4, 0.5) is 5.82 Å². The molecule has 3 heterocycles. The van der Waals surface area contributed by atoms with Gasteiger partial charge < -0.3 is 5.32 Å². The quantitative estimate of drug-likeness (QED) is 0.387. The van der Waals surface area contributed by atoms with E-state index in [0.717, 1.165) is 32.5 Å². The fourth-order valence-electron chi connectivity index (χ4n) is 3.92. The van der Waals surface area contributed by atoms with Crippen LogP contribution in [0.5, 0.6) is 0 Å². The molecule has 0 saturated heterocycles. The van der Waals surface area contributed by atoms with Crippen LogP contribution in [0.3, 0.4) is 0 Å². The van der Waals surface area contributed by atoms with Gasteiger partial charge >= 0.3 is 0 Å². The first-order valence-electron chi connectivity index (χ1n) is 9.98. The van der Waals surface area contributed by atoms with Crippen molar-refractivity contribution in [2.75, 3.05) is 5.32 Å². The second kappa shape index (κ2) is 7.81. The van der Waals surface area contributed by atoms with E-state index in [1.54, 1.807) is 28.2 Å². The zero-order valence-corrected chi connectivity index (χ0v) is 17.8. The Bertz CT molecular complexity index is 1470. The van der Waals surface area contributed by atoms with Crippen molar-refractivity contribution in [3.8, 4) is 5.69 Å². The van der Waals surface area contributed by atoms with E-state index in [1.807, 2.05) is 67.0 Å². The molecule has 5 aromatic rings. The molecule has 0 saturated carbocycles. The maximum Gasteiger partial charge on any atom is 0.263 e. The van der Waals surface area contributed by atoms with Gasteiger partial charge in [0.25, 0.3) is 5.56 Å². The van der Waals surface area contributed by atoms with Crippen molar-refractivity contribution in [2.24, 2.45) is 0 Å². The lowest BCUT2D eigenvalue weighted by Gasteiger charge is -2.22. The number of nitrogens with zero attached hydrogens (tertiary/aromatic N) is 3. The van der Waals surface area contributed by atoms with Crippen LogP contribution >= 0.6 is 11.3 Å². The Hall–Kier alpha value is -3.77. The molecular weight excluding hydrogens is 404 g/mol. The highest BCUT2D eigenvalue weighted by atomic mass is 32.1. The number of benzene rings is 2. The van der Waals surface area contributed by atoms with E-state index in [2.05, 4.69) is 27.9 Å². The van der Waals surface area contributed by atoms with Gasteiger partial charge in [-0.15, -0.1) is 11.3 Å². The van der Waals surface area contributed by atoms with Crippen LogP contribution < -0.4 is 10.9 Å². The molecule has 5 rings (SSSR count). The smallest absolute Gasteiger partial charge is 0.263 e. The molecule has 31 heavy (non-hydrogen) atoms. The van der Waals surface area contributed by atoms with Crippen molar-refractivity contribution < 1.29 is 0 Å². The molecule has 1 atom stereocenters. The predicted octanol–water partition coefficient (Wildman–Crippen LogP) is 5.81. The molecule has 0 aliphatic rings. The topological polar surface area (TPSA) is 59.8 Å². The summed E-state index contributed by atoms with van der Waals surface area (Å²) in [6.07, 6.45) is 3.50. The van der Waals surface area contributed by atoms with Crippen LogP contribution in [-0.4, -0.2) is 14.5 Å². The molecule has 5 nitrogen and oxygen atoms in total. The highest BCUT2D eigenvalue weighted by Gasteiger charge is 2.19. The third-order valence-corrected chi connectivity index (χ3v) is 6.18. The van der Waals surface area contributed by atoms with Crippen molar-refractivity contribution in [1.82, 2.24) is 14.5 Å². The molecule has 1 N–H and O–H groups in total. The highest BCUT2D eigenvalue weighted by molar-refractivity contribution is 7.16. The minimum atomic E-state index is -0.190. The average Bonchev–Trinajstić information content (AvgIpc) is 3.29. The lowest BCUT2D eigenvalue weighted by molar-refractivity contribution is 0.774. The third-order valence-electron chi connectivity index (χ3n) is 5.39. The normalized spacial score (nSPS) is 12.2. The van der Waals surface area contributed by atoms with E-state index < -0.39 is 0 Å². The minimum Gasteiger partial charge on any atom is -0.360 e. The summed E-state index contributed by atoms with van der Waals surface area (Å²) in [4.78, 5) is 22.7. The van der Waals surface area contributed by atoms with Gasteiger partial charge in [-0.1, -0.05) is 49.1 Å². The zero-order valence-electron chi connectivity index (χ0n) is 16.9. The van der Waals surface area contributed by atoms with Crippen LogP contribution in [0, 0.1) is 0 Å². The summed E-state index contributed by atoms with van der Waals surface area (Å²) >= 11 is 1.58. The SMILES string of the molecule is C=Cc1cccc2cc([C@H](C)Nc3nccc4scnc34)n(-c3ccccc3)c(=O)c12. The number of nitrogens with one attached hydrogen (secondary N) is 1. The zero-order chi connectivity index (χ0) is 21.4. The van der Waals surface area contributed by atoms with Crippen molar-refractivity contribution in [2.45, 2.75) is 13.0 Å². The maximum absolute atomic E-state index is 13.7. The van der Waals surface area contributed by atoms with Gasteiger partial charge in [-0.25, -0.2) is 9.97 Å². The Balaban J connectivity index is 1.73. The van der Waals surface area contributed by atoms with Gasteiger partial charge in [0.05, 0.1) is 21.6 Å². The van der Waals surface area contributed by atoms with Gasteiger partial charge in [0, 0.05) is 17.6 Å². The molecule has 3 aromatic heterocycles. The number of hydrogen-bond acceptors (Lipinski definition) is 5. The summed E-state index contributed by atoms with van der Waals surface area (Å²) in [6.45, 7) is 5.92.